The topological polar surface area (TPSA) is 45.8 Å². The molecule has 0 aromatic carbocycles. The van der Waals surface area contributed by atoms with E-state index >= 15 is 0 Å². The van der Waals surface area contributed by atoms with Crippen LogP contribution in [0, 0.1) is 0 Å². The molecule has 1 heterocycles. The third-order valence-electron chi connectivity index (χ3n) is 0.406. The summed E-state index contributed by atoms with van der Waals surface area (Å²) in [6, 6.07) is 1.83. The molecule has 38 valence electrons. The normalized spacial score (nSPS) is 6.29. The zero-order valence-corrected chi connectivity index (χ0v) is 4.31. The lowest BCUT2D eigenvalue weighted by molar-refractivity contribution is 0.702. The van der Waals surface area contributed by atoms with Gasteiger partial charge in [-0.25, -0.2) is 0 Å². The fourth-order valence-corrected chi connectivity index (χ4v) is 0.215. The molecule has 4 heteroatoms. The van der Waals surface area contributed by atoms with E-state index in [-0.39, 0.29) is 0 Å². The van der Waals surface area contributed by atoms with E-state index in [1.54, 1.807) is 12.4 Å². The Morgan fingerprint density at radius 3 is 2.43 bits per heavy atom. The van der Waals surface area contributed by atoms with Crippen LogP contribution in [0.4, 0.5) is 0 Å². The lowest BCUT2D eigenvalue weighted by Gasteiger charge is -1.49. The number of aromatic nitrogens is 2. The van der Waals surface area contributed by atoms with Crippen molar-refractivity contribution in [1.82, 2.24) is 10.2 Å². The van der Waals surface area contributed by atoms with Crippen LogP contribution in [0.5, 0.6) is 0 Å². The molecule has 0 amide bonds. The fourth-order valence-electron chi connectivity index (χ4n) is 0.215. The molecule has 0 aliphatic rings. The minimum Gasteiger partial charge on any atom is -0.286 e. The summed E-state index contributed by atoms with van der Waals surface area (Å²) in [5, 5.41) is 6.21. The van der Waals surface area contributed by atoms with E-state index in [4.69, 9.17) is 4.21 Å². The van der Waals surface area contributed by atoms with Gasteiger partial charge in [0.25, 0.3) is 0 Å². The Morgan fingerprint density at radius 2 is 2.29 bits per heavy atom. The number of hydrogen-bond acceptors (Lipinski definition) is 3. The van der Waals surface area contributed by atoms with Crippen molar-refractivity contribution in [2.75, 3.05) is 0 Å². The molecule has 0 saturated heterocycles. The highest BCUT2D eigenvalue weighted by atomic mass is 32.1. The van der Waals surface area contributed by atoms with E-state index in [1.807, 2.05) is 6.07 Å². The third kappa shape index (κ3) is 3.05. The number of aromatic amines is 1. The fraction of sp³-hybridized carbons (Fsp3) is 0. The van der Waals surface area contributed by atoms with Crippen LogP contribution >= 0.6 is 0 Å². The Kier molecular flexibility index (Phi) is 4.65. The number of hydrogen-bond donors (Lipinski definition) is 1. The average molecular weight is 116 g/mol. The molecule has 1 aromatic rings. The van der Waals surface area contributed by atoms with Crippen molar-refractivity contribution in [2.45, 2.75) is 0 Å². The summed E-state index contributed by atoms with van der Waals surface area (Å²) in [6.07, 6.45) is 3.46. The Hall–Kier alpha value is -0.770. The first-order valence-electron chi connectivity index (χ1n) is 1.60. The zero-order chi connectivity index (χ0) is 5.54. The molecule has 7 heavy (non-hydrogen) atoms. The summed E-state index contributed by atoms with van der Waals surface area (Å²) in [5.41, 5.74) is 0. The molecule has 0 unspecified atom stereocenters. The first kappa shape index (κ1) is 6.23. The zero-order valence-electron chi connectivity index (χ0n) is 3.50. The van der Waals surface area contributed by atoms with E-state index in [0.29, 0.717) is 0 Å². The quantitative estimate of drug-likeness (QED) is 0.522. The molecular formula is C3H4N2OS. The Labute approximate surface area is 46.3 Å². The smallest absolute Gasteiger partial charge is 0.197 e. The Balaban J connectivity index is 0.000000162. The van der Waals surface area contributed by atoms with Crippen molar-refractivity contribution in [3.8, 4) is 0 Å². The minimum atomic E-state index is 1.69. The van der Waals surface area contributed by atoms with Gasteiger partial charge in [-0.2, -0.15) is 9.31 Å². The van der Waals surface area contributed by atoms with Crippen molar-refractivity contribution in [3.63, 3.8) is 0 Å². The van der Waals surface area contributed by atoms with Crippen molar-refractivity contribution in [3.05, 3.63) is 18.5 Å². The SMILES string of the molecule is O=S.c1cn[nH]c1. The number of nitrogens with one attached hydrogen (secondary N) is 1. The molecule has 1 N–H and O–H groups in total. The van der Waals surface area contributed by atoms with Gasteiger partial charge in [-0.15, -0.1) is 0 Å². The van der Waals surface area contributed by atoms with E-state index < -0.39 is 0 Å². The average Bonchev–Trinajstić information content (AvgIpc) is 2.23. The van der Waals surface area contributed by atoms with Crippen LogP contribution < -0.4 is 0 Å². The Bertz CT molecular complexity index is 79.8. The lowest BCUT2D eigenvalue weighted by Crippen LogP contribution is -1.53. The van der Waals surface area contributed by atoms with Crippen LogP contribution in [0.1, 0.15) is 0 Å². The highest BCUT2D eigenvalue weighted by molar-refractivity contribution is 7.44. The van der Waals surface area contributed by atoms with Crippen molar-refractivity contribution >= 4 is 12.5 Å². The molecule has 0 bridgehead atoms. The van der Waals surface area contributed by atoms with Gasteiger partial charge in [0.1, 0.15) is 0 Å². The molecule has 0 fully saturated rings. The second kappa shape index (κ2) is 5.23. The van der Waals surface area contributed by atoms with Crippen molar-refractivity contribution in [2.24, 2.45) is 0 Å². The van der Waals surface area contributed by atoms with Crippen LogP contribution in [0.2, 0.25) is 0 Å². The molecule has 1 aromatic heterocycles. The summed E-state index contributed by atoms with van der Waals surface area (Å²) in [4.78, 5) is 0. The van der Waals surface area contributed by atoms with Crippen LogP contribution in [0.3, 0.4) is 0 Å². The lowest BCUT2D eigenvalue weighted by atomic mass is 10.8. The first-order chi connectivity index (χ1) is 3.50. The van der Waals surface area contributed by atoms with Gasteiger partial charge in [0.15, 0.2) is 12.5 Å². The number of nitrogens with zero attached hydrogens (tertiary/aromatic N) is 1. The molecule has 0 aliphatic carbocycles. The summed E-state index contributed by atoms with van der Waals surface area (Å²) in [6.45, 7) is 0. The third-order valence-corrected chi connectivity index (χ3v) is 0.406. The molecule has 0 aliphatic heterocycles. The molecule has 1 rings (SSSR count). The molecule has 0 radical (unpaired) electrons. The molecule has 0 saturated carbocycles. The van der Waals surface area contributed by atoms with Crippen LogP contribution in [0.15, 0.2) is 18.5 Å². The Morgan fingerprint density at radius 1 is 1.57 bits per heavy atom. The van der Waals surface area contributed by atoms with Gasteiger partial charge in [-0.3, -0.25) is 5.10 Å². The summed E-state index contributed by atoms with van der Waals surface area (Å²) < 4.78 is 7.83. The van der Waals surface area contributed by atoms with Crippen LogP contribution in [-0.4, -0.2) is 14.4 Å². The predicted octanol–water partition coefficient (Wildman–Crippen LogP) is 0.0734. The van der Waals surface area contributed by atoms with Crippen molar-refractivity contribution < 1.29 is 4.21 Å². The van der Waals surface area contributed by atoms with Gasteiger partial charge in [-0.1, -0.05) is 0 Å². The van der Waals surface area contributed by atoms with Gasteiger partial charge < -0.3 is 0 Å². The monoisotopic (exact) mass is 116 g/mol. The van der Waals surface area contributed by atoms with Gasteiger partial charge in [0.2, 0.25) is 0 Å². The maximum absolute atomic E-state index is 7.83. The largest absolute Gasteiger partial charge is 0.286 e. The summed E-state index contributed by atoms with van der Waals surface area (Å²) in [5.74, 6) is 0. The maximum atomic E-state index is 7.83. The van der Waals surface area contributed by atoms with E-state index in [9.17, 15) is 0 Å². The van der Waals surface area contributed by atoms with Crippen molar-refractivity contribution in [1.29, 1.82) is 0 Å². The van der Waals surface area contributed by atoms with Crippen LogP contribution in [0.25, 0.3) is 0 Å². The van der Waals surface area contributed by atoms with Gasteiger partial charge in [0.05, 0.1) is 0 Å². The maximum Gasteiger partial charge on any atom is 0.197 e. The molecule has 3 nitrogen and oxygen atoms in total. The van der Waals surface area contributed by atoms with Crippen LogP contribution in [-0.2, 0) is 12.5 Å². The second-order valence-corrected chi connectivity index (χ2v) is 0.766. The highest BCUT2D eigenvalue weighted by Crippen LogP contribution is 1.64. The van der Waals surface area contributed by atoms with Gasteiger partial charge >= 0.3 is 0 Å². The minimum absolute atomic E-state index is 1.69. The molecule has 0 spiro atoms. The predicted molar refractivity (Wildman–Crippen MR) is 26.7 cm³/mol. The van der Waals surface area contributed by atoms with E-state index in [0.717, 1.165) is 0 Å². The highest BCUT2D eigenvalue weighted by Gasteiger charge is 1.56. The number of H-pyrrole nitrogens is 1. The second-order valence-electron chi connectivity index (χ2n) is 0.766. The molecule has 0 atom stereocenters. The van der Waals surface area contributed by atoms with Gasteiger partial charge in [-0.05, 0) is 6.07 Å². The summed E-state index contributed by atoms with van der Waals surface area (Å²) in [7, 11) is 0. The number of rotatable bonds is 0. The van der Waals surface area contributed by atoms with E-state index in [2.05, 4.69) is 22.7 Å². The van der Waals surface area contributed by atoms with E-state index in [1.165, 1.54) is 0 Å². The van der Waals surface area contributed by atoms with Gasteiger partial charge in [0, 0.05) is 12.4 Å². The molecular weight excluding hydrogens is 112 g/mol. The summed E-state index contributed by atoms with van der Waals surface area (Å²) >= 11 is 2.83. The first-order valence-corrected chi connectivity index (χ1v) is 1.94. The standard InChI is InChI=1S/C3H4N2.OS/c1-2-4-5-3-1;1-2/h1-3H,(H,4,5);.